The molecule has 0 spiro atoms. The highest BCUT2D eigenvalue weighted by molar-refractivity contribution is 9.10. The summed E-state index contributed by atoms with van der Waals surface area (Å²) in [6.07, 6.45) is -0.364. The van der Waals surface area contributed by atoms with Crippen LogP contribution in [-0.4, -0.2) is 28.8 Å². The molecule has 1 atom stereocenters. The minimum atomic E-state index is -1.11. The number of Topliss-reactive ketones (excluding diaryl/α,β-unsaturated/α-hetero) is 1. The van der Waals surface area contributed by atoms with Crippen LogP contribution in [-0.2, 0) is 4.79 Å². The summed E-state index contributed by atoms with van der Waals surface area (Å²) in [5.74, 6) is -2.08. The minimum Gasteiger partial charge on any atom is -0.496 e. The van der Waals surface area contributed by atoms with Gasteiger partial charge in [0.25, 0.3) is 0 Å². The molecule has 0 amide bonds. The second-order valence-corrected chi connectivity index (χ2v) is 5.36. The second kappa shape index (κ2) is 6.29. The maximum atomic E-state index is 13.3. The summed E-state index contributed by atoms with van der Waals surface area (Å²) in [7, 11) is 1.31. The molecular weight excluding hydrogens is 375 g/mol. The van der Waals surface area contributed by atoms with E-state index in [1.165, 1.54) is 13.2 Å². The number of ether oxygens (including phenoxy) is 1. The third kappa shape index (κ3) is 3.52. The van der Waals surface area contributed by atoms with Crippen molar-refractivity contribution < 1.29 is 23.8 Å². The molecule has 1 N–H and O–H groups in total. The number of halogens is 3. The lowest BCUT2D eigenvalue weighted by Crippen LogP contribution is -2.19. The topological polar surface area (TPSA) is 63.6 Å². The zero-order valence-electron chi connectivity index (χ0n) is 9.25. The third-order valence-corrected chi connectivity index (χ3v) is 3.49. The van der Waals surface area contributed by atoms with E-state index >= 15 is 0 Å². The van der Waals surface area contributed by atoms with Crippen LogP contribution in [0.25, 0.3) is 0 Å². The number of carboxylic acid groups (broad SMARTS) is 1. The monoisotopic (exact) mass is 382 g/mol. The Morgan fingerprint density at radius 2 is 2.11 bits per heavy atom. The van der Waals surface area contributed by atoms with E-state index in [1.807, 2.05) is 0 Å². The normalized spacial score (nSPS) is 12.0. The Bertz CT molecular complexity index is 490. The molecule has 4 nitrogen and oxygen atoms in total. The first-order valence-corrected chi connectivity index (χ1v) is 6.50. The Morgan fingerprint density at radius 1 is 1.50 bits per heavy atom. The lowest BCUT2D eigenvalue weighted by Gasteiger charge is -2.11. The molecule has 0 aliphatic heterocycles. The molecule has 0 fully saturated rings. The molecule has 0 radical (unpaired) electrons. The first kappa shape index (κ1) is 15.1. The molecule has 0 heterocycles. The largest absolute Gasteiger partial charge is 0.496 e. The number of aliphatic carboxylic acids is 1. The van der Waals surface area contributed by atoms with Gasteiger partial charge >= 0.3 is 5.97 Å². The number of carbonyl (C=O) groups excluding carboxylic acids is 1. The van der Waals surface area contributed by atoms with Gasteiger partial charge in [-0.25, -0.2) is 4.39 Å². The zero-order valence-corrected chi connectivity index (χ0v) is 12.4. The van der Waals surface area contributed by atoms with E-state index in [0.717, 1.165) is 6.07 Å². The maximum absolute atomic E-state index is 13.3. The third-order valence-electron chi connectivity index (χ3n) is 2.15. The van der Waals surface area contributed by atoms with E-state index in [2.05, 4.69) is 31.9 Å². The number of hydrogen-bond donors (Lipinski definition) is 1. The molecule has 18 heavy (non-hydrogen) atoms. The number of carbonyl (C=O) groups is 2. The van der Waals surface area contributed by atoms with Crippen molar-refractivity contribution in [1.82, 2.24) is 0 Å². The minimum absolute atomic E-state index is 0.0653. The van der Waals surface area contributed by atoms with E-state index in [4.69, 9.17) is 9.84 Å². The van der Waals surface area contributed by atoms with E-state index in [1.54, 1.807) is 0 Å². The standard InChI is InChI=1S/C11H9Br2FO4/c1-18-9-4-8(14)6(12)2-5(9)11(17)7(13)3-10(15)16/h2,4,7H,3H2,1H3,(H,15,16). The fourth-order valence-electron chi connectivity index (χ4n) is 1.30. The summed E-state index contributed by atoms with van der Waals surface area (Å²) in [4.78, 5) is 21.6. The summed E-state index contributed by atoms with van der Waals surface area (Å²) in [5.41, 5.74) is 0.119. The van der Waals surface area contributed by atoms with Gasteiger partial charge in [-0.15, -0.1) is 0 Å². The van der Waals surface area contributed by atoms with Gasteiger partial charge in [-0.3, -0.25) is 9.59 Å². The fraction of sp³-hybridized carbons (Fsp3) is 0.273. The smallest absolute Gasteiger partial charge is 0.304 e. The Balaban J connectivity index is 3.12. The van der Waals surface area contributed by atoms with Crippen LogP contribution < -0.4 is 4.74 Å². The van der Waals surface area contributed by atoms with Crippen LogP contribution >= 0.6 is 31.9 Å². The van der Waals surface area contributed by atoms with Crippen molar-refractivity contribution in [3.63, 3.8) is 0 Å². The van der Waals surface area contributed by atoms with Gasteiger partial charge in [-0.1, -0.05) is 15.9 Å². The fourth-order valence-corrected chi connectivity index (χ4v) is 2.17. The Morgan fingerprint density at radius 3 is 2.61 bits per heavy atom. The van der Waals surface area contributed by atoms with Gasteiger partial charge in [0.2, 0.25) is 0 Å². The molecule has 0 bridgehead atoms. The first-order chi connectivity index (χ1) is 8.36. The zero-order chi connectivity index (χ0) is 13.9. The van der Waals surface area contributed by atoms with Gasteiger partial charge in [-0.05, 0) is 22.0 Å². The number of carboxylic acids is 1. The lowest BCUT2D eigenvalue weighted by atomic mass is 10.1. The van der Waals surface area contributed by atoms with Crippen molar-refractivity contribution >= 4 is 43.6 Å². The molecule has 0 aliphatic rings. The molecule has 1 rings (SSSR count). The van der Waals surface area contributed by atoms with Gasteiger partial charge in [0, 0.05) is 6.07 Å². The van der Waals surface area contributed by atoms with Crippen molar-refractivity contribution in [2.24, 2.45) is 0 Å². The van der Waals surface area contributed by atoms with E-state index in [0.29, 0.717) is 0 Å². The van der Waals surface area contributed by atoms with Crippen LogP contribution in [0.5, 0.6) is 5.75 Å². The first-order valence-electron chi connectivity index (χ1n) is 4.80. The maximum Gasteiger partial charge on any atom is 0.304 e. The molecular formula is C11H9Br2FO4. The number of methoxy groups -OCH3 is 1. The number of benzene rings is 1. The average molecular weight is 384 g/mol. The van der Waals surface area contributed by atoms with Crippen molar-refractivity contribution in [2.75, 3.05) is 7.11 Å². The summed E-state index contributed by atoms with van der Waals surface area (Å²) >= 11 is 5.96. The summed E-state index contributed by atoms with van der Waals surface area (Å²) < 4.78 is 18.3. The van der Waals surface area contributed by atoms with Gasteiger partial charge in [0.15, 0.2) is 5.78 Å². The Kier molecular flexibility index (Phi) is 5.28. The van der Waals surface area contributed by atoms with Gasteiger partial charge in [-0.2, -0.15) is 0 Å². The number of ketones is 1. The molecule has 0 aromatic heterocycles. The van der Waals surface area contributed by atoms with Crippen LogP contribution in [0.3, 0.4) is 0 Å². The van der Waals surface area contributed by atoms with Crippen LogP contribution in [0.1, 0.15) is 16.8 Å². The second-order valence-electron chi connectivity index (χ2n) is 3.40. The summed E-state index contributed by atoms with van der Waals surface area (Å²) in [6.45, 7) is 0. The van der Waals surface area contributed by atoms with E-state index < -0.39 is 22.4 Å². The molecule has 7 heteroatoms. The number of rotatable bonds is 5. The van der Waals surface area contributed by atoms with Crippen molar-refractivity contribution in [3.05, 3.63) is 28.0 Å². The SMILES string of the molecule is COc1cc(F)c(Br)cc1C(=O)C(Br)CC(=O)O. The van der Waals surface area contributed by atoms with E-state index in [9.17, 15) is 14.0 Å². The van der Waals surface area contributed by atoms with Gasteiger partial charge in [0.05, 0.1) is 28.4 Å². The van der Waals surface area contributed by atoms with Crippen LogP contribution in [0.4, 0.5) is 4.39 Å². The van der Waals surface area contributed by atoms with E-state index in [-0.39, 0.29) is 22.2 Å². The molecule has 1 aromatic rings. The van der Waals surface area contributed by atoms with Gasteiger partial charge < -0.3 is 9.84 Å². The molecule has 0 saturated carbocycles. The molecule has 0 saturated heterocycles. The predicted octanol–water partition coefficient (Wildman–Crippen LogP) is 3.02. The Labute approximate surface area is 119 Å². The van der Waals surface area contributed by atoms with Crippen LogP contribution in [0.2, 0.25) is 0 Å². The van der Waals surface area contributed by atoms with Crippen molar-refractivity contribution in [1.29, 1.82) is 0 Å². The molecule has 0 aliphatic carbocycles. The highest BCUT2D eigenvalue weighted by Gasteiger charge is 2.24. The van der Waals surface area contributed by atoms with Gasteiger partial charge in [0.1, 0.15) is 11.6 Å². The molecule has 98 valence electrons. The highest BCUT2D eigenvalue weighted by atomic mass is 79.9. The number of hydrogen-bond acceptors (Lipinski definition) is 3. The van der Waals surface area contributed by atoms with Crippen LogP contribution in [0, 0.1) is 5.82 Å². The highest BCUT2D eigenvalue weighted by Crippen LogP contribution is 2.29. The number of alkyl halides is 1. The van der Waals surface area contributed by atoms with Crippen molar-refractivity contribution in [2.45, 2.75) is 11.2 Å². The molecule has 1 unspecified atom stereocenters. The summed E-state index contributed by atoms with van der Waals surface area (Å²) in [6, 6.07) is 2.34. The Hall–Kier alpha value is -0.950. The quantitative estimate of drug-likeness (QED) is 0.627. The average Bonchev–Trinajstić information content (AvgIpc) is 2.30. The van der Waals surface area contributed by atoms with Crippen LogP contribution in [0.15, 0.2) is 16.6 Å². The van der Waals surface area contributed by atoms with Crippen molar-refractivity contribution in [3.8, 4) is 5.75 Å². The summed E-state index contributed by atoms with van der Waals surface area (Å²) in [5, 5.41) is 8.62. The predicted molar refractivity (Wildman–Crippen MR) is 70.0 cm³/mol. The lowest BCUT2D eigenvalue weighted by molar-refractivity contribution is -0.136. The molecule has 1 aromatic carbocycles.